The van der Waals surface area contributed by atoms with Gasteiger partial charge in [0.25, 0.3) is 0 Å². The molecule has 0 unspecified atom stereocenters. The molecule has 0 aliphatic carbocycles. The third-order valence-electron chi connectivity index (χ3n) is 0.742. The summed E-state index contributed by atoms with van der Waals surface area (Å²) < 4.78 is 4.17. The SMILES string of the molecule is C=CCCC.C=COC(C)=O. The van der Waals surface area contributed by atoms with E-state index in [9.17, 15) is 4.79 Å². The summed E-state index contributed by atoms with van der Waals surface area (Å²) in [5.41, 5.74) is 0. The van der Waals surface area contributed by atoms with Crippen molar-refractivity contribution in [2.45, 2.75) is 26.7 Å². The van der Waals surface area contributed by atoms with Crippen molar-refractivity contribution < 1.29 is 9.53 Å². The second-order valence-corrected chi connectivity index (χ2v) is 1.85. The fourth-order valence-corrected chi connectivity index (χ4v) is 0.321. The van der Waals surface area contributed by atoms with Crippen LogP contribution in [0.2, 0.25) is 0 Å². The van der Waals surface area contributed by atoms with E-state index in [1.54, 1.807) is 0 Å². The normalized spacial score (nSPS) is 7.09. The Bertz CT molecular complexity index is 117. The van der Waals surface area contributed by atoms with Crippen LogP contribution < -0.4 is 0 Å². The molecule has 0 bridgehead atoms. The standard InChI is InChI=1S/C5H10.C4H6O2/c1-3-5-4-2;1-3-6-4(2)5/h3H,1,4-5H2,2H3;3H,1H2,2H3. The van der Waals surface area contributed by atoms with Crippen LogP contribution in [0.15, 0.2) is 25.5 Å². The van der Waals surface area contributed by atoms with Gasteiger partial charge in [-0.3, -0.25) is 4.79 Å². The molecule has 0 spiro atoms. The molecular weight excluding hydrogens is 140 g/mol. The average molecular weight is 156 g/mol. The lowest BCUT2D eigenvalue weighted by Crippen LogP contribution is -1.87. The molecule has 0 saturated carbocycles. The van der Waals surface area contributed by atoms with Gasteiger partial charge in [-0.1, -0.05) is 26.0 Å². The van der Waals surface area contributed by atoms with Crippen LogP contribution in [0.1, 0.15) is 26.7 Å². The number of hydrogen-bond acceptors (Lipinski definition) is 2. The first-order chi connectivity index (χ1) is 5.18. The second-order valence-electron chi connectivity index (χ2n) is 1.85. The average Bonchev–Trinajstić information content (AvgIpc) is 1.90. The molecule has 0 fully saturated rings. The van der Waals surface area contributed by atoms with Gasteiger partial charge in [0.05, 0.1) is 6.26 Å². The molecule has 0 saturated heterocycles. The lowest BCUT2D eigenvalue weighted by Gasteiger charge is -1.83. The molecule has 0 aliphatic heterocycles. The van der Waals surface area contributed by atoms with Gasteiger partial charge < -0.3 is 4.74 Å². The summed E-state index contributed by atoms with van der Waals surface area (Å²) in [6, 6.07) is 0. The molecule has 0 heterocycles. The number of carbonyl (C=O) groups is 1. The number of rotatable bonds is 3. The summed E-state index contributed by atoms with van der Waals surface area (Å²) in [4.78, 5) is 9.75. The van der Waals surface area contributed by atoms with Crippen LogP contribution in [0.3, 0.4) is 0 Å². The van der Waals surface area contributed by atoms with Crippen molar-refractivity contribution in [1.29, 1.82) is 0 Å². The van der Waals surface area contributed by atoms with Gasteiger partial charge in [-0.25, -0.2) is 0 Å². The van der Waals surface area contributed by atoms with Crippen LogP contribution in [0, 0.1) is 0 Å². The van der Waals surface area contributed by atoms with E-state index in [1.165, 1.54) is 13.3 Å². The zero-order valence-electron chi connectivity index (χ0n) is 7.30. The molecule has 0 amide bonds. The van der Waals surface area contributed by atoms with Crippen molar-refractivity contribution in [3.63, 3.8) is 0 Å². The van der Waals surface area contributed by atoms with Gasteiger partial charge in [0.2, 0.25) is 0 Å². The highest BCUT2D eigenvalue weighted by molar-refractivity contribution is 5.66. The van der Waals surface area contributed by atoms with Gasteiger partial charge in [-0.2, -0.15) is 0 Å². The van der Waals surface area contributed by atoms with Crippen molar-refractivity contribution in [2.75, 3.05) is 0 Å². The number of hydrogen-bond donors (Lipinski definition) is 0. The first kappa shape index (κ1) is 12.6. The molecule has 2 nitrogen and oxygen atoms in total. The largest absolute Gasteiger partial charge is 0.435 e. The highest BCUT2D eigenvalue weighted by Crippen LogP contribution is 1.82. The van der Waals surface area contributed by atoms with Gasteiger partial charge in [0.15, 0.2) is 0 Å². The number of esters is 1. The van der Waals surface area contributed by atoms with E-state index >= 15 is 0 Å². The van der Waals surface area contributed by atoms with Gasteiger partial charge >= 0.3 is 5.97 Å². The molecule has 2 heteroatoms. The molecule has 11 heavy (non-hydrogen) atoms. The molecule has 0 rings (SSSR count). The molecule has 0 aromatic carbocycles. The summed E-state index contributed by atoms with van der Waals surface area (Å²) in [6.07, 6.45) is 5.41. The van der Waals surface area contributed by atoms with Gasteiger partial charge in [-0.05, 0) is 6.42 Å². The monoisotopic (exact) mass is 156 g/mol. The van der Waals surface area contributed by atoms with Crippen molar-refractivity contribution >= 4 is 5.97 Å². The topological polar surface area (TPSA) is 26.3 Å². The maximum absolute atomic E-state index is 9.75. The highest BCUT2D eigenvalue weighted by Gasteiger charge is 1.79. The van der Waals surface area contributed by atoms with Crippen molar-refractivity contribution in [2.24, 2.45) is 0 Å². The fraction of sp³-hybridized carbons (Fsp3) is 0.444. The highest BCUT2D eigenvalue weighted by atomic mass is 16.5. The Balaban J connectivity index is 0. The number of unbranched alkanes of at least 4 members (excludes halogenated alkanes) is 1. The number of carbonyl (C=O) groups excluding carboxylic acids is 1. The Morgan fingerprint density at radius 3 is 2.09 bits per heavy atom. The minimum absolute atomic E-state index is 0.329. The second kappa shape index (κ2) is 11.7. The quantitative estimate of drug-likeness (QED) is 0.357. The summed E-state index contributed by atoms with van der Waals surface area (Å²) in [6.45, 7) is 10.2. The van der Waals surface area contributed by atoms with E-state index in [0.29, 0.717) is 0 Å². The van der Waals surface area contributed by atoms with E-state index in [-0.39, 0.29) is 5.97 Å². The zero-order valence-corrected chi connectivity index (χ0v) is 7.30. The third kappa shape index (κ3) is 27.7. The number of ether oxygens (including phenoxy) is 1. The lowest BCUT2D eigenvalue weighted by atomic mass is 10.3. The summed E-state index contributed by atoms with van der Waals surface area (Å²) >= 11 is 0. The van der Waals surface area contributed by atoms with Crippen LogP contribution in [0.25, 0.3) is 0 Å². The van der Waals surface area contributed by atoms with Crippen molar-refractivity contribution in [3.05, 3.63) is 25.5 Å². The van der Waals surface area contributed by atoms with Crippen LogP contribution in [0.5, 0.6) is 0 Å². The summed E-state index contributed by atoms with van der Waals surface area (Å²) in [7, 11) is 0. The van der Waals surface area contributed by atoms with Gasteiger partial charge in [0, 0.05) is 6.92 Å². The number of allylic oxidation sites excluding steroid dienone is 1. The Labute approximate surface area is 68.6 Å². The summed E-state index contributed by atoms with van der Waals surface area (Å²) in [5.74, 6) is -0.329. The van der Waals surface area contributed by atoms with Crippen LogP contribution in [-0.4, -0.2) is 5.97 Å². The summed E-state index contributed by atoms with van der Waals surface area (Å²) in [5, 5.41) is 0. The molecule has 0 N–H and O–H groups in total. The Morgan fingerprint density at radius 2 is 2.09 bits per heavy atom. The first-order valence-corrected chi connectivity index (χ1v) is 3.58. The van der Waals surface area contributed by atoms with Crippen LogP contribution >= 0.6 is 0 Å². The molecule has 64 valence electrons. The Hall–Kier alpha value is -1.05. The molecule has 0 aliphatic rings. The minimum atomic E-state index is -0.329. The van der Waals surface area contributed by atoms with Crippen LogP contribution in [0.4, 0.5) is 0 Å². The maximum atomic E-state index is 9.75. The first-order valence-electron chi connectivity index (χ1n) is 3.58. The molecule has 0 radical (unpaired) electrons. The van der Waals surface area contributed by atoms with Crippen molar-refractivity contribution in [3.8, 4) is 0 Å². The Morgan fingerprint density at radius 1 is 1.55 bits per heavy atom. The molecule has 0 aromatic heterocycles. The van der Waals surface area contributed by atoms with E-state index in [1.807, 2.05) is 6.08 Å². The Kier molecular flexibility index (Phi) is 13.4. The lowest BCUT2D eigenvalue weighted by molar-refractivity contribution is -0.135. The zero-order chi connectivity index (χ0) is 9.11. The van der Waals surface area contributed by atoms with E-state index < -0.39 is 0 Å². The van der Waals surface area contributed by atoms with E-state index in [4.69, 9.17) is 0 Å². The minimum Gasteiger partial charge on any atom is -0.435 e. The van der Waals surface area contributed by atoms with Gasteiger partial charge in [0.1, 0.15) is 0 Å². The molecule has 0 atom stereocenters. The van der Waals surface area contributed by atoms with Crippen LogP contribution in [-0.2, 0) is 9.53 Å². The predicted octanol–water partition coefficient (Wildman–Crippen LogP) is 2.67. The smallest absolute Gasteiger partial charge is 0.307 e. The predicted molar refractivity (Wildman–Crippen MR) is 47.1 cm³/mol. The van der Waals surface area contributed by atoms with E-state index in [0.717, 1.165) is 12.7 Å². The maximum Gasteiger partial charge on any atom is 0.307 e. The van der Waals surface area contributed by atoms with Gasteiger partial charge in [-0.15, -0.1) is 6.58 Å². The van der Waals surface area contributed by atoms with E-state index in [2.05, 4.69) is 24.8 Å². The molecular formula is C9H16O2. The molecule has 0 aromatic rings. The third-order valence-corrected chi connectivity index (χ3v) is 0.742. The van der Waals surface area contributed by atoms with Crippen molar-refractivity contribution in [1.82, 2.24) is 0 Å². The fourth-order valence-electron chi connectivity index (χ4n) is 0.321.